The van der Waals surface area contributed by atoms with Crippen LogP contribution in [0.15, 0.2) is 51.8 Å². The van der Waals surface area contributed by atoms with Crippen LogP contribution in [-0.4, -0.2) is 13.7 Å². The SMILES string of the molecule is O=S([O-])c1ccc2nc(-c3ccc(F)cc3)oc2c1. The van der Waals surface area contributed by atoms with E-state index < -0.39 is 11.1 Å². The minimum atomic E-state index is -2.31. The first-order chi connectivity index (χ1) is 9.13. The van der Waals surface area contributed by atoms with Crippen molar-refractivity contribution in [1.29, 1.82) is 0 Å². The van der Waals surface area contributed by atoms with Gasteiger partial charge < -0.3 is 8.97 Å². The molecule has 4 nitrogen and oxygen atoms in total. The van der Waals surface area contributed by atoms with E-state index in [0.29, 0.717) is 22.6 Å². The first-order valence-corrected chi connectivity index (χ1v) is 6.47. The first kappa shape index (κ1) is 12.0. The number of hydrogen-bond donors (Lipinski definition) is 0. The van der Waals surface area contributed by atoms with Gasteiger partial charge in [0.2, 0.25) is 5.89 Å². The highest BCUT2D eigenvalue weighted by atomic mass is 32.2. The fourth-order valence-electron chi connectivity index (χ4n) is 1.72. The fourth-order valence-corrected chi connectivity index (χ4v) is 2.11. The summed E-state index contributed by atoms with van der Waals surface area (Å²) < 4.78 is 40.0. The van der Waals surface area contributed by atoms with Gasteiger partial charge in [-0.25, -0.2) is 9.37 Å². The quantitative estimate of drug-likeness (QED) is 0.675. The fraction of sp³-hybridized carbons (Fsp3) is 0. The van der Waals surface area contributed by atoms with Gasteiger partial charge in [0.05, 0.1) is 0 Å². The Hall–Kier alpha value is -2.05. The van der Waals surface area contributed by atoms with Crippen molar-refractivity contribution >= 4 is 22.2 Å². The lowest BCUT2D eigenvalue weighted by atomic mass is 10.2. The smallest absolute Gasteiger partial charge is 0.227 e. The van der Waals surface area contributed by atoms with Crippen LogP contribution in [0.5, 0.6) is 0 Å². The molecule has 96 valence electrons. The number of rotatable bonds is 2. The van der Waals surface area contributed by atoms with E-state index in [2.05, 4.69) is 4.98 Å². The lowest BCUT2D eigenvalue weighted by Crippen LogP contribution is -1.86. The summed E-state index contributed by atoms with van der Waals surface area (Å²) >= 11 is -2.31. The van der Waals surface area contributed by atoms with Crippen LogP contribution in [0.3, 0.4) is 0 Å². The van der Waals surface area contributed by atoms with Crippen molar-refractivity contribution in [2.24, 2.45) is 0 Å². The van der Waals surface area contributed by atoms with Crippen LogP contribution in [-0.2, 0) is 11.1 Å². The molecule has 3 rings (SSSR count). The van der Waals surface area contributed by atoms with Crippen molar-refractivity contribution in [1.82, 2.24) is 4.98 Å². The van der Waals surface area contributed by atoms with Crippen molar-refractivity contribution in [2.75, 3.05) is 0 Å². The van der Waals surface area contributed by atoms with E-state index in [0.717, 1.165) is 0 Å². The number of nitrogens with zero attached hydrogens (tertiary/aromatic N) is 1. The summed E-state index contributed by atoms with van der Waals surface area (Å²) in [5, 5.41) is 0. The molecule has 0 saturated heterocycles. The normalized spacial score (nSPS) is 12.7. The molecule has 0 aliphatic carbocycles. The Morgan fingerprint density at radius 3 is 2.58 bits per heavy atom. The molecule has 0 amide bonds. The second-order valence-electron chi connectivity index (χ2n) is 3.89. The molecule has 0 N–H and O–H groups in total. The third-order valence-electron chi connectivity index (χ3n) is 2.64. The zero-order valence-electron chi connectivity index (χ0n) is 9.50. The zero-order chi connectivity index (χ0) is 13.4. The van der Waals surface area contributed by atoms with Gasteiger partial charge in [-0.1, -0.05) is 0 Å². The van der Waals surface area contributed by atoms with Crippen LogP contribution in [0.1, 0.15) is 0 Å². The van der Waals surface area contributed by atoms with Crippen molar-refractivity contribution < 1.29 is 17.6 Å². The number of benzene rings is 2. The van der Waals surface area contributed by atoms with Crippen molar-refractivity contribution in [3.05, 3.63) is 48.3 Å². The Morgan fingerprint density at radius 2 is 1.89 bits per heavy atom. The van der Waals surface area contributed by atoms with Crippen LogP contribution in [0, 0.1) is 5.82 Å². The summed E-state index contributed by atoms with van der Waals surface area (Å²) in [4.78, 5) is 4.36. The molecular formula is C13H7FNO3S-. The summed E-state index contributed by atoms with van der Waals surface area (Å²) in [7, 11) is 0. The number of aromatic nitrogens is 1. The second kappa shape index (κ2) is 4.56. The molecule has 0 aliphatic rings. The van der Waals surface area contributed by atoms with E-state index >= 15 is 0 Å². The molecule has 0 spiro atoms. The van der Waals surface area contributed by atoms with E-state index in [1.165, 1.54) is 24.3 Å². The van der Waals surface area contributed by atoms with E-state index in [-0.39, 0.29) is 10.7 Å². The van der Waals surface area contributed by atoms with Gasteiger partial charge in [0.15, 0.2) is 5.58 Å². The topological polar surface area (TPSA) is 66.2 Å². The standard InChI is InChI=1S/C13H8FNO3S/c14-9-3-1-8(2-4-9)13-15-11-6-5-10(19(16)17)7-12(11)18-13/h1-7H,(H,16,17)/p-1. The number of hydrogen-bond acceptors (Lipinski definition) is 4. The van der Waals surface area contributed by atoms with Crippen molar-refractivity contribution in [3.8, 4) is 11.5 Å². The van der Waals surface area contributed by atoms with Gasteiger partial charge in [0.1, 0.15) is 11.3 Å². The molecule has 6 heteroatoms. The Labute approximate surface area is 110 Å². The maximum atomic E-state index is 12.8. The van der Waals surface area contributed by atoms with Gasteiger partial charge in [-0.15, -0.1) is 0 Å². The molecule has 1 atom stereocenters. The maximum Gasteiger partial charge on any atom is 0.227 e. The van der Waals surface area contributed by atoms with Gasteiger partial charge in [0.25, 0.3) is 0 Å². The number of fused-ring (bicyclic) bond motifs is 1. The van der Waals surface area contributed by atoms with Gasteiger partial charge in [0, 0.05) is 10.5 Å². The summed E-state index contributed by atoms with van der Waals surface area (Å²) in [6.07, 6.45) is 0. The highest BCUT2D eigenvalue weighted by Gasteiger charge is 2.09. The number of oxazole rings is 1. The van der Waals surface area contributed by atoms with Crippen molar-refractivity contribution in [3.63, 3.8) is 0 Å². The van der Waals surface area contributed by atoms with E-state index in [1.807, 2.05) is 0 Å². The largest absolute Gasteiger partial charge is 0.768 e. The summed E-state index contributed by atoms with van der Waals surface area (Å²) in [6.45, 7) is 0. The van der Waals surface area contributed by atoms with Crippen LogP contribution in [0.2, 0.25) is 0 Å². The highest BCUT2D eigenvalue weighted by molar-refractivity contribution is 7.79. The Kier molecular flexibility index (Phi) is 2.88. The van der Waals surface area contributed by atoms with E-state index in [9.17, 15) is 13.2 Å². The van der Waals surface area contributed by atoms with Crippen LogP contribution in [0.4, 0.5) is 4.39 Å². The van der Waals surface area contributed by atoms with Crippen LogP contribution >= 0.6 is 0 Å². The average Bonchev–Trinajstić information content (AvgIpc) is 2.82. The predicted molar refractivity (Wildman–Crippen MR) is 66.6 cm³/mol. The zero-order valence-corrected chi connectivity index (χ0v) is 10.3. The van der Waals surface area contributed by atoms with E-state index in [4.69, 9.17) is 4.42 Å². The summed E-state index contributed by atoms with van der Waals surface area (Å²) in [6, 6.07) is 10.1. The molecule has 1 unspecified atom stereocenters. The molecule has 1 aromatic heterocycles. The Bertz CT molecular complexity index is 767. The molecule has 1 heterocycles. The number of halogens is 1. The molecular weight excluding hydrogens is 269 g/mol. The molecule has 0 saturated carbocycles. The second-order valence-corrected chi connectivity index (χ2v) is 4.83. The van der Waals surface area contributed by atoms with Crippen LogP contribution in [0.25, 0.3) is 22.6 Å². The lowest BCUT2D eigenvalue weighted by Gasteiger charge is -2.02. The minimum Gasteiger partial charge on any atom is -0.768 e. The predicted octanol–water partition coefficient (Wildman–Crippen LogP) is 2.87. The molecule has 2 aromatic carbocycles. The third kappa shape index (κ3) is 2.27. The van der Waals surface area contributed by atoms with E-state index in [1.54, 1.807) is 18.2 Å². The molecule has 0 radical (unpaired) electrons. The molecule has 3 aromatic rings. The first-order valence-electron chi connectivity index (χ1n) is 5.39. The molecule has 19 heavy (non-hydrogen) atoms. The summed E-state index contributed by atoms with van der Waals surface area (Å²) in [5.41, 5.74) is 1.55. The van der Waals surface area contributed by atoms with Gasteiger partial charge in [-0.05, 0) is 53.5 Å². The Morgan fingerprint density at radius 1 is 1.16 bits per heavy atom. The summed E-state index contributed by atoms with van der Waals surface area (Å²) in [5.74, 6) is -0.0206. The maximum absolute atomic E-state index is 12.8. The minimum absolute atomic E-state index is 0.134. The molecule has 0 fully saturated rings. The Balaban J connectivity index is 2.11. The average molecular weight is 276 g/mol. The van der Waals surface area contributed by atoms with Gasteiger partial charge in [-0.2, -0.15) is 0 Å². The third-order valence-corrected chi connectivity index (χ3v) is 3.28. The lowest BCUT2D eigenvalue weighted by molar-refractivity contribution is 0.536. The van der Waals surface area contributed by atoms with Crippen molar-refractivity contribution in [2.45, 2.75) is 4.90 Å². The highest BCUT2D eigenvalue weighted by Crippen LogP contribution is 2.25. The van der Waals surface area contributed by atoms with Gasteiger partial charge in [-0.3, -0.25) is 4.21 Å². The van der Waals surface area contributed by atoms with Gasteiger partial charge >= 0.3 is 0 Å². The molecule has 0 bridgehead atoms. The van der Waals surface area contributed by atoms with Crippen LogP contribution < -0.4 is 0 Å². The monoisotopic (exact) mass is 276 g/mol. The molecule has 0 aliphatic heterocycles.